The number of benzene rings is 2. The number of ether oxygens (including phenoxy) is 2. The highest BCUT2D eigenvalue weighted by atomic mass is 16.5. The lowest BCUT2D eigenvalue weighted by atomic mass is 10.2. The predicted octanol–water partition coefficient (Wildman–Crippen LogP) is -0.0428. The molecule has 2 aromatic heterocycles. The van der Waals surface area contributed by atoms with E-state index in [1.807, 2.05) is 26.2 Å². The van der Waals surface area contributed by atoms with Crippen molar-refractivity contribution in [1.29, 1.82) is 0 Å². The van der Waals surface area contributed by atoms with E-state index < -0.39 is 16.9 Å². The van der Waals surface area contributed by atoms with Gasteiger partial charge in [-0.1, -0.05) is 24.3 Å². The maximum Gasteiger partial charge on any atom is 0.332 e. The van der Waals surface area contributed by atoms with E-state index in [9.17, 15) is 19.2 Å². The Kier molecular flexibility index (Phi) is 16.8. The molecular formula is C30H44N8O8. The van der Waals surface area contributed by atoms with Crippen molar-refractivity contribution in [3.63, 3.8) is 0 Å². The number of hydrogen-bond acceptors (Lipinski definition) is 10. The van der Waals surface area contributed by atoms with Crippen LogP contribution in [0.15, 0.2) is 84.8 Å². The quantitative estimate of drug-likeness (QED) is 0.171. The van der Waals surface area contributed by atoms with Crippen LogP contribution in [0.5, 0.6) is 11.5 Å². The highest BCUT2D eigenvalue weighted by Crippen LogP contribution is 2.12. The molecule has 46 heavy (non-hydrogen) atoms. The zero-order valence-corrected chi connectivity index (χ0v) is 27.1. The molecule has 0 fully saturated rings. The first kappa shape index (κ1) is 40.5. The second-order valence-electron chi connectivity index (χ2n) is 9.51. The number of aliphatic hydroxyl groups is 1. The van der Waals surface area contributed by atoms with Gasteiger partial charge < -0.3 is 36.8 Å². The molecule has 0 aliphatic rings. The van der Waals surface area contributed by atoms with E-state index in [1.54, 1.807) is 68.9 Å². The number of aliphatic imine (C=N–C) groups is 1. The lowest BCUT2D eigenvalue weighted by Crippen LogP contribution is -2.39. The molecule has 8 N–H and O–H groups in total. The maximum absolute atomic E-state index is 12.4. The summed E-state index contributed by atoms with van der Waals surface area (Å²) in [6, 6.07) is 17.0. The van der Waals surface area contributed by atoms with E-state index in [0.717, 1.165) is 34.3 Å². The molecule has 0 aliphatic heterocycles. The lowest BCUT2D eigenvalue weighted by Gasteiger charge is -2.10. The highest BCUT2D eigenvalue weighted by molar-refractivity contribution is 5.58. The Labute approximate surface area is 265 Å². The average molecular weight is 645 g/mol. The van der Waals surface area contributed by atoms with Gasteiger partial charge in [-0.05, 0) is 35.4 Å². The van der Waals surface area contributed by atoms with E-state index in [4.69, 9.17) is 20.3 Å². The van der Waals surface area contributed by atoms with E-state index in [1.165, 1.54) is 32.9 Å². The van der Waals surface area contributed by atoms with Crippen LogP contribution in [0.3, 0.4) is 0 Å². The molecule has 0 atom stereocenters. The van der Waals surface area contributed by atoms with E-state index in [0.29, 0.717) is 5.82 Å². The Morgan fingerprint density at radius 3 is 1.54 bits per heavy atom. The molecule has 2 heterocycles. The monoisotopic (exact) mass is 644 g/mol. The molecule has 16 nitrogen and oxygen atoms in total. The third-order valence-electron chi connectivity index (χ3n) is 6.24. The summed E-state index contributed by atoms with van der Waals surface area (Å²) >= 11 is 0. The Hall–Kier alpha value is -5.45. The highest BCUT2D eigenvalue weighted by Gasteiger charge is 2.09. The third kappa shape index (κ3) is 10.6. The molecule has 0 unspecified atom stereocenters. The third-order valence-corrected chi connectivity index (χ3v) is 6.24. The van der Waals surface area contributed by atoms with Crippen LogP contribution in [-0.4, -0.2) is 75.5 Å². The number of nitrogen functional groups attached to an aromatic ring is 1. The number of aliphatic hydroxyl groups excluding tert-OH is 1. The second-order valence-corrected chi connectivity index (χ2v) is 9.51. The van der Waals surface area contributed by atoms with E-state index in [2.05, 4.69) is 4.99 Å². The number of hydrogen-bond donors (Lipinski definition) is 3. The molecular weight excluding hydrogens is 600 g/mol. The normalized spacial score (nSPS) is 9.91. The van der Waals surface area contributed by atoms with Crippen molar-refractivity contribution in [2.24, 2.45) is 19.1 Å². The number of aromatic nitrogens is 4. The molecule has 0 saturated heterocycles. The summed E-state index contributed by atoms with van der Waals surface area (Å²) in [6.45, 7) is 0.406. The molecule has 0 spiro atoms. The number of anilines is 1. The van der Waals surface area contributed by atoms with Crippen molar-refractivity contribution >= 4 is 18.0 Å². The van der Waals surface area contributed by atoms with Gasteiger partial charge in [-0.25, -0.2) is 14.6 Å². The molecule has 0 bridgehead atoms. The van der Waals surface area contributed by atoms with Crippen LogP contribution in [0.4, 0.5) is 11.6 Å². The van der Waals surface area contributed by atoms with Crippen LogP contribution in [0, 0.1) is 0 Å². The van der Waals surface area contributed by atoms with Crippen LogP contribution < -0.4 is 43.9 Å². The van der Waals surface area contributed by atoms with Gasteiger partial charge in [0.25, 0.3) is 11.1 Å². The zero-order valence-electron chi connectivity index (χ0n) is 27.1. The van der Waals surface area contributed by atoms with Gasteiger partial charge in [-0.3, -0.25) is 27.9 Å². The summed E-state index contributed by atoms with van der Waals surface area (Å²) in [5.41, 5.74) is 5.62. The van der Waals surface area contributed by atoms with Crippen molar-refractivity contribution in [3.05, 3.63) is 113 Å². The second kappa shape index (κ2) is 19.0. The molecule has 16 heteroatoms. The topological polar surface area (TPSA) is 235 Å². The first-order valence-electron chi connectivity index (χ1n) is 13.2. The summed E-state index contributed by atoms with van der Waals surface area (Å²) in [5.74, 6) is 1.92. The smallest absolute Gasteiger partial charge is 0.332 e. The molecule has 4 aromatic rings. The van der Waals surface area contributed by atoms with Gasteiger partial charge in [0.05, 0.1) is 33.6 Å². The zero-order chi connectivity index (χ0) is 33.0. The van der Waals surface area contributed by atoms with Crippen molar-refractivity contribution in [2.45, 2.75) is 13.1 Å². The fourth-order valence-electron chi connectivity index (χ4n) is 3.76. The standard InChI is InChI=1S/C16H20N4O3.C13H15N3O3.CH4O.H3N.H2O/c1-18(2)11-17-14-9-15(21)20(16(22)19(14)3)10-12-5-7-13(23-4)8-6-12;1-15-11(14)7-12(17)16(13(15)18)8-9-3-5-10(19-2)6-4-9;1-2;;/h5-9,11H,10H2,1-4H3;3-7H,8,14H2,1-2H3;2H,1H3;1H3;1H2. The molecule has 0 amide bonds. The first-order valence-corrected chi connectivity index (χ1v) is 13.2. The fourth-order valence-corrected chi connectivity index (χ4v) is 3.76. The van der Waals surface area contributed by atoms with Gasteiger partial charge in [0.2, 0.25) is 0 Å². The number of nitrogens with zero attached hydrogens (tertiary/aromatic N) is 6. The fraction of sp³-hybridized carbons (Fsp3) is 0.300. The minimum Gasteiger partial charge on any atom is -0.497 e. The summed E-state index contributed by atoms with van der Waals surface area (Å²) in [6.07, 6.45) is 1.54. The first-order chi connectivity index (χ1) is 20.9. The molecule has 0 saturated carbocycles. The van der Waals surface area contributed by atoms with E-state index in [-0.39, 0.29) is 36.1 Å². The predicted molar refractivity (Wildman–Crippen MR) is 179 cm³/mol. The summed E-state index contributed by atoms with van der Waals surface area (Å²) < 4.78 is 15.1. The number of nitrogens with two attached hydrogens (primary N) is 1. The van der Waals surface area contributed by atoms with Gasteiger partial charge in [0.1, 0.15) is 23.1 Å². The SMILES string of the molecule is CO.COc1ccc(Cn2c(=O)cc(N)n(C)c2=O)cc1.COc1ccc(Cn2c(=O)cc(N=CN(C)C)n(C)c2=O)cc1.N.O. The number of methoxy groups -OCH3 is 2. The van der Waals surface area contributed by atoms with Gasteiger partial charge in [-0.2, -0.15) is 0 Å². The Morgan fingerprint density at radius 1 is 0.761 bits per heavy atom. The summed E-state index contributed by atoms with van der Waals surface area (Å²) in [5, 5.41) is 7.00. The summed E-state index contributed by atoms with van der Waals surface area (Å²) in [7, 11) is 10.9. The van der Waals surface area contributed by atoms with Crippen molar-refractivity contribution in [3.8, 4) is 11.5 Å². The Balaban J connectivity index is 0.000000813. The minimum atomic E-state index is -0.430. The Bertz CT molecular complexity index is 1790. The van der Waals surface area contributed by atoms with Gasteiger partial charge >= 0.3 is 11.4 Å². The summed E-state index contributed by atoms with van der Waals surface area (Å²) in [4.78, 5) is 54.2. The maximum atomic E-state index is 12.4. The van der Waals surface area contributed by atoms with Crippen LogP contribution in [-0.2, 0) is 27.2 Å². The molecule has 0 radical (unpaired) electrons. The molecule has 252 valence electrons. The van der Waals surface area contributed by atoms with Gasteiger partial charge in [0, 0.05) is 47.4 Å². The van der Waals surface area contributed by atoms with Gasteiger partial charge in [-0.15, -0.1) is 0 Å². The van der Waals surface area contributed by atoms with Gasteiger partial charge in [0.15, 0.2) is 0 Å². The molecule has 2 aromatic carbocycles. The van der Waals surface area contributed by atoms with E-state index >= 15 is 0 Å². The number of rotatable bonds is 8. The van der Waals surface area contributed by atoms with Crippen LogP contribution in [0.25, 0.3) is 0 Å². The lowest BCUT2D eigenvalue weighted by molar-refractivity contribution is 0.399. The van der Waals surface area contributed by atoms with Crippen molar-refractivity contribution in [1.82, 2.24) is 29.3 Å². The Morgan fingerprint density at radius 2 is 1.15 bits per heavy atom. The average Bonchev–Trinajstić information content (AvgIpc) is 3.03. The van der Waals surface area contributed by atoms with Crippen LogP contribution >= 0.6 is 0 Å². The molecule has 0 aliphatic carbocycles. The largest absolute Gasteiger partial charge is 0.497 e. The molecule has 4 rings (SSSR count). The minimum absolute atomic E-state index is 0. The van der Waals surface area contributed by atoms with Crippen LogP contribution in [0.2, 0.25) is 0 Å². The van der Waals surface area contributed by atoms with Crippen molar-refractivity contribution < 1.29 is 20.1 Å². The van der Waals surface area contributed by atoms with Crippen LogP contribution in [0.1, 0.15) is 11.1 Å². The van der Waals surface area contributed by atoms with Crippen molar-refractivity contribution in [2.75, 3.05) is 41.2 Å².